The standard InChI is InChI=1S/C12H17N/c1-4-11-6-8-12(9-7-11)10-13(3)5-2/h4,6-9H,1,5,10H2,2-3H3/p+1. The molecule has 0 aliphatic heterocycles. The van der Waals surface area contributed by atoms with Gasteiger partial charge in [0.1, 0.15) is 6.54 Å². The van der Waals surface area contributed by atoms with E-state index in [-0.39, 0.29) is 0 Å². The van der Waals surface area contributed by atoms with Gasteiger partial charge in [0.2, 0.25) is 0 Å². The molecular weight excluding hydrogens is 158 g/mol. The number of quaternary nitrogens is 1. The van der Waals surface area contributed by atoms with Crippen LogP contribution < -0.4 is 4.90 Å². The zero-order chi connectivity index (χ0) is 9.68. The van der Waals surface area contributed by atoms with Crippen molar-refractivity contribution in [3.63, 3.8) is 0 Å². The molecule has 0 aliphatic carbocycles. The highest BCUT2D eigenvalue weighted by Gasteiger charge is 1.99. The van der Waals surface area contributed by atoms with E-state index in [1.165, 1.54) is 22.6 Å². The van der Waals surface area contributed by atoms with Crippen molar-refractivity contribution in [2.45, 2.75) is 13.5 Å². The third-order valence-corrected chi connectivity index (χ3v) is 2.32. The predicted octanol–water partition coefficient (Wildman–Crippen LogP) is 1.36. The summed E-state index contributed by atoms with van der Waals surface area (Å²) in [7, 11) is 2.21. The van der Waals surface area contributed by atoms with Crippen LogP contribution in [0.25, 0.3) is 6.08 Å². The second-order valence-corrected chi connectivity index (χ2v) is 3.43. The van der Waals surface area contributed by atoms with Gasteiger partial charge in [0.15, 0.2) is 0 Å². The SMILES string of the molecule is C=Cc1ccc(C[NH+](C)CC)cc1. The zero-order valence-electron chi connectivity index (χ0n) is 8.51. The Balaban J connectivity index is 2.63. The lowest BCUT2D eigenvalue weighted by Crippen LogP contribution is -3.07. The summed E-state index contributed by atoms with van der Waals surface area (Å²) in [6.45, 7) is 8.21. The van der Waals surface area contributed by atoms with Gasteiger partial charge in [0.25, 0.3) is 0 Å². The number of nitrogens with one attached hydrogen (secondary N) is 1. The van der Waals surface area contributed by atoms with Gasteiger partial charge in [-0.25, -0.2) is 0 Å². The molecule has 0 aliphatic rings. The van der Waals surface area contributed by atoms with Crippen molar-refractivity contribution in [1.82, 2.24) is 0 Å². The maximum absolute atomic E-state index is 3.73. The monoisotopic (exact) mass is 176 g/mol. The van der Waals surface area contributed by atoms with Crippen molar-refractivity contribution in [2.75, 3.05) is 13.6 Å². The Morgan fingerprint density at radius 1 is 1.31 bits per heavy atom. The second kappa shape index (κ2) is 4.83. The van der Waals surface area contributed by atoms with Gasteiger partial charge in [0.05, 0.1) is 13.6 Å². The van der Waals surface area contributed by atoms with Crippen LogP contribution in [0.1, 0.15) is 18.1 Å². The van der Waals surface area contributed by atoms with E-state index in [2.05, 4.69) is 44.8 Å². The lowest BCUT2D eigenvalue weighted by Gasteiger charge is -2.10. The summed E-state index contributed by atoms with van der Waals surface area (Å²) in [6, 6.07) is 8.59. The number of hydrogen-bond donors (Lipinski definition) is 1. The lowest BCUT2D eigenvalue weighted by molar-refractivity contribution is -0.891. The van der Waals surface area contributed by atoms with Gasteiger partial charge in [-0.05, 0) is 12.5 Å². The Labute approximate surface area is 80.7 Å². The minimum atomic E-state index is 1.11. The molecule has 1 heteroatoms. The first-order chi connectivity index (χ1) is 6.26. The molecule has 70 valence electrons. The Bertz CT molecular complexity index is 261. The van der Waals surface area contributed by atoms with Gasteiger partial charge in [-0.2, -0.15) is 0 Å². The van der Waals surface area contributed by atoms with Gasteiger partial charge in [-0.3, -0.25) is 0 Å². The fourth-order valence-corrected chi connectivity index (χ4v) is 1.25. The van der Waals surface area contributed by atoms with Crippen molar-refractivity contribution < 1.29 is 4.90 Å². The molecule has 1 rings (SSSR count). The van der Waals surface area contributed by atoms with Crippen LogP contribution in [0, 0.1) is 0 Å². The van der Waals surface area contributed by atoms with Crippen LogP contribution >= 0.6 is 0 Å². The van der Waals surface area contributed by atoms with Crippen molar-refractivity contribution in [1.29, 1.82) is 0 Å². The average molecular weight is 176 g/mol. The molecule has 0 saturated carbocycles. The summed E-state index contributed by atoms with van der Waals surface area (Å²) in [5, 5.41) is 0. The Kier molecular flexibility index (Phi) is 3.71. The van der Waals surface area contributed by atoms with Crippen LogP contribution in [-0.2, 0) is 6.54 Å². The highest BCUT2D eigenvalue weighted by atomic mass is 15.1. The molecule has 0 saturated heterocycles. The third kappa shape index (κ3) is 3.03. The van der Waals surface area contributed by atoms with Crippen molar-refractivity contribution in [3.05, 3.63) is 42.0 Å². The summed E-state index contributed by atoms with van der Waals surface area (Å²) in [5.74, 6) is 0. The predicted molar refractivity (Wildman–Crippen MR) is 57.7 cm³/mol. The minimum Gasteiger partial charge on any atom is -0.334 e. The molecule has 0 fully saturated rings. The summed E-state index contributed by atoms with van der Waals surface area (Å²) < 4.78 is 0. The average Bonchev–Trinajstić information content (AvgIpc) is 2.19. The molecule has 0 amide bonds. The first-order valence-electron chi connectivity index (χ1n) is 4.79. The van der Waals surface area contributed by atoms with Gasteiger partial charge < -0.3 is 4.90 Å². The molecule has 1 aromatic carbocycles. The van der Waals surface area contributed by atoms with E-state index >= 15 is 0 Å². The molecule has 0 spiro atoms. The van der Waals surface area contributed by atoms with E-state index < -0.39 is 0 Å². The maximum Gasteiger partial charge on any atom is 0.103 e. The van der Waals surface area contributed by atoms with Crippen LogP contribution in [0.2, 0.25) is 0 Å². The largest absolute Gasteiger partial charge is 0.334 e. The molecule has 0 radical (unpaired) electrons. The van der Waals surface area contributed by atoms with E-state index in [1.54, 1.807) is 0 Å². The first kappa shape index (κ1) is 10.0. The van der Waals surface area contributed by atoms with Crippen LogP contribution in [0.4, 0.5) is 0 Å². The fraction of sp³-hybridized carbons (Fsp3) is 0.333. The van der Waals surface area contributed by atoms with Gasteiger partial charge in [0, 0.05) is 5.56 Å². The summed E-state index contributed by atoms with van der Waals surface area (Å²) in [6.07, 6.45) is 1.88. The number of hydrogen-bond acceptors (Lipinski definition) is 0. The molecule has 0 heterocycles. The molecule has 13 heavy (non-hydrogen) atoms. The van der Waals surface area contributed by atoms with Gasteiger partial charge in [-0.1, -0.05) is 36.9 Å². The second-order valence-electron chi connectivity index (χ2n) is 3.43. The minimum absolute atomic E-state index is 1.11. The van der Waals surface area contributed by atoms with Gasteiger partial charge in [-0.15, -0.1) is 0 Å². The zero-order valence-corrected chi connectivity index (χ0v) is 8.51. The van der Waals surface area contributed by atoms with Crippen LogP contribution in [0.15, 0.2) is 30.8 Å². The van der Waals surface area contributed by atoms with E-state index in [1.807, 2.05) is 6.08 Å². The quantitative estimate of drug-likeness (QED) is 0.706. The highest BCUT2D eigenvalue weighted by molar-refractivity contribution is 5.46. The van der Waals surface area contributed by atoms with Gasteiger partial charge >= 0.3 is 0 Å². The molecule has 1 unspecified atom stereocenters. The number of rotatable bonds is 4. The van der Waals surface area contributed by atoms with Crippen LogP contribution in [0.5, 0.6) is 0 Å². The third-order valence-electron chi connectivity index (χ3n) is 2.32. The molecule has 1 nitrogen and oxygen atoms in total. The van der Waals surface area contributed by atoms with Crippen molar-refractivity contribution >= 4 is 6.08 Å². The molecule has 1 atom stereocenters. The summed E-state index contributed by atoms with van der Waals surface area (Å²) in [4.78, 5) is 1.53. The molecule has 1 aromatic rings. The topological polar surface area (TPSA) is 4.44 Å². The van der Waals surface area contributed by atoms with E-state index in [9.17, 15) is 0 Å². The van der Waals surface area contributed by atoms with Crippen molar-refractivity contribution in [3.8, 4) is 0 Å². The Hall–Kier alpha value is -1.08. The van der Waals surface area contributed by atoms with E-state index in [4.69, 9.17) is 0 Å². The number of benzene rings is 1. The summed E-state index contributed by atoms with van der Waals surface area (Å²) >= 11 is 0. The molecular formula is C12H18N+. The smallest absolute Gasteiger partial charge is 0.103 e. The summed E-state index contributed by atoms with van der Waals surface area (Å²) in [5.41, 5.74) is 2.59. The Morgan fingerprint density at radius 2 is 1.92 bits per heavy atom. The van der Waals surface area contributed by atoms with E-state index in [0.717, 1.165) is 6.54 Å². The van der Waals surface area contributed by atoms with Crippen LogP contribution in [-0.4, -0.2) is 13.6 Å². The molecule has 1 N–H and O–H groups in total. The lowest BCUT2D eigenvalue weighted by atomic mass is 10.1. The fourth-order valence-electron chi connectivity index (χ4n) is 1.25. The highest BCUT2D eigenvalue weighted by Crippen LogP contribution is 2.03. The molecule has 0 aromatic heterocycles. The van der Waals surface area contributed by atoms with Crippen molar-refractivity contribution in [2.24, 2.45) is 0 Å². The normalized spacial score (nSPS) is 12.5. The van der Waals surface area contributed by atoms with Crippen LogP contribution in [0.3, 0.4) is 0 Å². The van der Waals surface area contributed by atoms with E-state index in [0.29, 0.717) is 0 Å². The Morgan fingerprint density at radius 3 is 2.38 bits per heavy atom. The first-order valence-corrected chi connectivity index (χ1v) is 4.79. The maximum atomic E-state index is 3.73. The molecule has 0 bridgehead atoms.